The van der Waals surface area contributed by atoms with Crippen molar-refractivity contribution in [1.29, 1.82) is 0 Å². The van der Waals surface area contributed by atoms with Gasteiger partial charge in [0.25, 0.3) is 0 Å². The third-order valence-corrected chi connectivity index (χ3v) is 5.66. The van der Waals surface area contributed by atoms with Gasteiger partial charge in [-0.1, -0.05) is 6.07 Å². The van der Waals surface area contributed by atoms with E-state index < -0.39 is 23.3 Å². The molecule has 4 rings (SSSR count). The molecule has 4 aromatic rings. The average Bonchev–Trinajstić information content (AvgIpc) is 3.48. The van der Waals surface area contributed by atoms with E-state index in [-0.39, 0.29) is 0 Å². The van der Waals surface area contributed by atoms with Gasteiger partial charge in [-0.2, -0.15) is 0 Å². The molecule has 2 aromatic heterocycles. The van der Waals surface area contributed by atoms with Crippen molar-refractivity contribution in [3.8, 4) is 34.3 Å². The molecule has 0 N–H and O–H groups in total. The van der Waals surface area contributed by atoms with Gasteiger partial charge in [-0.25, -0.2) is 9.37 Å². The standard InChI is InChI=1S/C24H20ClF4N3O4/c1-13-30-12-21(34-13)16-8-6-15(11-19(16)33-2)23-32-31-22(35-23)5-3-4-17(25)14-7-9-18(26)20(10-14)36-24(27,28)29/h6-12,17H,3-5H2,1-2H3. The van der Waals surface area contributed by atoms with Crippen LogP contribution in [0, 0.1) is 12.7 Å². The molecule has 0 aliphatic rings. The molecule has 0 saturated carbocycles. The summed E-state index contributed by atoms with van der Waals surface area (Å²) in [4.78, 5) is 4.09. The minimum Gasteiger partial charge on any atom is -0.496 e. The highest BCUT2D eigenvalue weighted by Crippen LogP contribution is 2.35. The molecule has 0 amide bonds. The molecule has 0 aliphatic carbocycles. The van der Waals surface area contributed by atoms with Gasteiger partial charge in [0.05, 0.1) is 24.2 Å². The molecule has 0 fully saturated rings. The lowest BCUT2D eigenvalue weighted by atomic mass is 10.1. The van der Waals surface area contributed by atoms with Crippen LogP contribution in [-0.2, 0) is 6.42 Å². The maximum atomic E-state index is 13.6. The Morgan fingerprint density at radius 1 is 1.06 bits per heavy atom. The van der Waals surface area contributed by atoms with Crippen molar-refractivity contribution in [1.82, 2.24) is 15.2 Å². The second-order valence-corrected chi connectivity index (χ2v) is 8.28. The van der Waals surface area contributed by atoms with Gasteiger partial charge in [0.2, 0.25) is 11.8 Å². The fourth-order valence-corrected chi connectivity index (χ4v) is 3.79. The number of alkyl halides is 4. The number of methoxy groups -OCH3 is 1. The highest BCUT2D eigenvalue weighted by atomic mass is 35.5. The Morgan fingerprint density at radius 2 is 1.86 bits per heavy atom. The van der Waals surface area contributed by atoms with Crippen molar-refractivity contribution >= 4 is 11.6 Å². The van der Waals surface area contributed by atoms with Gasteiger partial charge in [0, 0.05) is 18.9 Å². The van der Waals surface area contributed by atoms with Crippen LogP contribution >= 0.6 is 11.6 Å². The molecule has 0 spiro atoms. The third kappa shape index (κ3) is 6.14. The predicted octanol–water partition coefficient (Wildman–Crippen LogP) is 7.05. The number of nitrogens with zero attached hydrogens (tertiary/aromatic N) is 3. The lowest BCUT2D eigenvalue weighted by Crippen LogP contribution is -2.18. The second kappa shape index (κ2) is 10.6. The van der Waals surface area contributed by atoms with E-state index >= 15 is 0 Å². The van der Waals surface area contributed by atoms with Crippen LogP contribution in [0.4, 0.5) is 17.6 Å². The Kier molecular flexibility index (Phi) is 7.48. The topological polar surface area (TPSA) is 83.4 Å². The van der Waals surface area contributed by atoms with E-state index in [2.05, 4.69) is 19.9 Å². The van der Waals surface area contributed by atoms with Crippen molar-refractivity contribution in [3.63, 3.8) is 0 Å². The van der Waals surface area contributed by atoms with Crippen molar-refractivity contribution in [3.05, 3.63) is 65.8 Å². The number of aromatic nitrogens is 3. The van der Waals surface area contributed by atoms with E-state index in [0.717, 1.165) is 17.7 Å². The number of oxazole rings is 1. The van der Waals surface area contributed by atoms with E-state index in [1.807, 2.05) is 0 Å². The monoisotopic (exact) mass is 525 g/mol. The average molecular weight is 526 g/mol. The molecule has 12 heteroatoms. The van der Waals surface area contributed by atoms with Crippen molar-refractivity contribution in [2.45, 2.75) is 37.9 Å². The predicted molar refractivity (Wildman–Crippen MR) is 121 cm³/mol. The Labute approximate surface area is 208 Å². The number of benzene rings is 2. The summed E-state index contributed by atoms with van der Waals surface area (Å²) in [7, 11) is 1.53. The zero-order chi connectivity index (χ0) is 25.9. The van der Waals surface area contributed by atoms with Crippen LogP contribution in [0.15, 0.2) is 51.4 Å². The van der Waals surface area contributed by atoms with E-state index in [9.17, 15) is 17.6 Å². The second-order valence-electron chi connectivity index (χ2n) is 7.76. The van der Waals surface area contributed by atoms with Gasteiger partial charge in [-0.3, -0.25) is 0 Å². The molecule has 7 nitrogen and oxygen atoms in total. The molecular formula is C24H20ClF4N3O4. The Morgan fingerprint density at radius 3 is 2.56 bits per heavy atom. The van der Waals surface area contributed by atoms with Crippen molar-refractivity contribution in [2.75, 3.05) is 7.11 Å². The number of halogens is 5. The molecule has 190 valence electrons. The van der Waals surface area contributed by atoms with Gasteiger partial charge < -0.3 is 18.3 Å². The van der Waals surface area contributed by atoms with Crippen LogP contribution < -0.4 is 9.47 Å². The van der Waals surface area contributed by atoms with Crippen LogP contribution in [0.5, 0.6) is 11.5 Å². The zero-order valence-corrected chi connectivity index (χ0v) is 19.9. The van der Waals surface area contributed by atoms with E-state index in [0.29, 0.717) is 59.6 Å². The molecule has 0 radical (unpaired) electrons. The highest BCUT2D eigenvalue weighted by molar-refractivity contribution is 6.20. The fourth-order valence-electron chi connectivity index (χ4n) is 3.50. The Bertz CT molecular complexity index is 1340. The lowest BCUT2D eigenvalue weighted by Gasteiger charge is -2.13. The minimum absolute atomic E-state index is 0.290. The molecule has 0 bridgehead atoms. The summed E-state index contributed by atoms with van der Waals surface area (Å²) < 4.78 is 71.5. The van der Waals surface area contributed by atoms with Crippen LogP contribution in [0.2, 0.25) is 0 Å². The van der Waals surface area contributed by atoms with Crippen LogP contribution in [0.25, 0.3) is 22.8 Å². The first-order valence-corrected chi connectivity index (χ1v) is 11.2. The Hall–Kier alpha value is -3.60. The molecule has 36 heavy (non-hydrogen) atoms. The summed E-state index contributed by atoms with van der Waals surface area (Å²) in [6.07, 6.45) is -2.14. The summed E-state index contributed by atoms with van der Waals surface area (Å²) >= 11 is 6.32. The fraction of sp³-hybridized carbons (Fsp3) is 0.292. The maximum Gasteiger partial charge on any atom is 0.573 e. The van der Waals surface area contributed by atoms with Crippen LogP contribution in [0.1, 0.15) is 35.6 Å². The van der Waals surface area contributed by atoms with Gasteiger partial charge in [-0.15, -0.1) is 35.0 Å². The molecule has 1 atom stereocenters. The summed E-state index contributed by atoms with van der Waals surface area (Å²) in [6.45, 7) is 1.75. The zero-order valence-electron chi connectivity index (χ0n) is 19.1. The van der Waals surface area contributed by atoms with Crippen LogP contribution in [0.3, 0.4) is 0 Å². The van der Waals surface area contributed by atoms with Gasteiger partial charge in [0.1, 0.15) is 5.75 Å². The van der Waals surface area contributed by atoms with E-state index in [1.54, 1.807) is 31.3 Å². The number of rotatable bonds is 9. The van der Waals surface area contributed by atoms with Crippen molar-refractivity contribution < 1.29 is 35.9 Å². The number of ether oxygens (including phenoxy) is 2. The largest absolute Gasteiger partial charge is 0.573 e. The summed E-state index contributed by atoms with van der Waals surface area (Å²) in [5.41, 5.74) is 1.67. The quantitative estimate of drug-likeness (QED) is 0.171. The molecule has 1 unspecified atom stereocenters. The first-order chi connectivity index (χ1) is 17.1. The summed E-state index contributed by atoms with van der Waals surface area (Å²) in [6, 6.07) is 8.49. The molecule has 0 aliphatic heterocycles. The van der Waals surface area contributed by atoms with Crippen molar-refractivity contribution in [2.24, 2.45) is 0 Å². The Balaban J connectivity index is 1.38. The first kappa shape index (κ1) is 25.5. The molecule has 2 heterocycles. The summed E-state index contributed by atoms with van der Waals surface area (Å²) in [5.74, 6) is 0.247. The summed E-state index contributed by atoms with van der Waals surface area (Å²) in [5, 5.41) is 7.45. The number of hydrogen-bond donors (Lipinski definition) is 0. The molecule has 2 aromatic carbocycles. The van der Waals surface area contributed by atoms with Crippen LogP contribution in [-0.4, -0.2) is 28.7 Å². The maximum absolute atomic E-state index is 13.6. The number of hydrogen-bond acceptors (Lipinski definition) is 7. The minimum atomic E-state index is -5.00. The third-order valence-electron chi connectivity index (χ3n) is 5.19. The SMILES string of the molecule is COc1cc(-c2nnc(CCCC(Cl)c3ccc(F)c(OC(F)(F)F)c3)o2)ccc1-c1cnc(C)o1. The van der Waals surface area contributed by atoms with E-state index in [4.69, 9.17) is 25.2 Å². The highest BCUT2D eigenvalue weighted by Gasteiger charge is 2.32. The van der Waals surface area contributed by atoms with Gasteiger partial charge in [-0.05, 0) is 48.7 Å². The first-order valence-electron chi connectivity index (χ1n) is 10.8. The molecular weight excluding hydrogens is 506 g/mol. The lowest BCUT2D eigenvalue weighted by molar-refractivity contribution is -0.275. The smallest absolute Gasteiger partial charge is 0.496 e. The van der Waals surface area contributed by atoms with E-state index in [1.165, 1.54) is 13.2 Å². The van der Waals surface area contributed by atoms with Gasteiger partial charge in [0.15, 0.2) is 23.2 Å². The van der Waals surface area contributed by atoms with Gasteiger partial charge >= 0.3 is 6.36 Å². The molecule has 0 saturated heterocycles. The normalized spacial score (nSPS) is 12.5. The number of aryl methyl sites for hydroxylation is 2.